The summed E-state index contributed by atoms with van der Waals surface area (Å²) in [6, 6.07) is 14.6. The van der Waals surface area contributed by atoms with Gasteiger partial charge >= 0.3 is 0 Å². The lowest BCUT2D eigenvalue weighted by molar-refractivity contribution is -0.118. The minimum Gasteiger partial charge on any atom is -0.493 e. The summed E-state index contributed by atoms with van der Waals surface area (Å²) in [4.78, 5) is 29.4. The normalized spacial score (nSPS) is 11.9. The number of ether oxygens (including phenoxy) is 1. The zero-order valence-electron chi connectivity index (χ0n) is 16.1. The molecule has 0 aliphatic carbocycles. The number of hydrogen-bond acceptors (Lipinski definition) is 6. The van der Waals surface area contributed by atoms with E-state index in [0.29, 0.717) is 22.4 Å². The number of amides is 2. The van der Waals surface area contributed by atoms with Crippen LogP contribution in [-0.2, 0) is 4.79 Å². The second-order valence-corrected chi connectivity index (χ2v) is 6.60. The number of furan rings is 1. The number of hydrogen-bond donors (Lipinski definition) is 3. The third-order valence-electron chi connectivity index (χ3n) is 4.63. The first-order valence-corrected chi connectivity index (χ1v) is 9.23. The van der Waals surface area contributed by atoms with E-state index in [0.717, 1.165) is 10.9 Å². The first-order valence-electron chi connectivity index (χ1n) is 9.23. The minimum atomic E-state index is -1.16. The van der Waals surface area contributed by atoms with E-state index in [1.165, 1.54) is 7.11 Å². The van der Waals surface area contributed by atoms with Gasteiger partial charge in [0.2, 0.25) is 5.91 Å². The van der Waals surface area contributed by atoms with Crippen LogP contribution in [0.3, 0.4) is 0 Å². The van der Waals surface area contributed by atoms with Crippen LogP contribution in [0.15, 0.2) is 65.2 Å². The zero-order valence-corrected chi connectivity index (χ0v) is 16.1. The second kappa shape index (κ2) is 8.22. The van der Waals surface area contributed by atoms with Crippen molar-refractivity contribution in [3.8, 4) is 5.75 Å². The average Bonchev–Trinajstić information content (AvgIpc) is 3.21. The van der Waals surface area contributed by atoms with Gasteiger partial charge < -0.3 is 24.9 Å². The second-order valence-electron chi connectivity index (χ2n) is 6.60. The number of nitrogens with one attached hydrogen (secondary N) is 2. The number of para-hydroxylation sites is 1. The van der Waals surface area contributed by atoms with Gasteiger partial charge in [-0.2, -0.15) is 0 Å². The van der Waals surface area contributed by atoms with Crippen LogP contribution >= 0.6 is 0 Å². The van der Waals surface area contributed by atoms with Crippen LogP contribution in [0.4, 0.5) is 5.69 Å². The van der Waals surface area contributed by atoms with Gasteiger partial charge in [0.25, 0.3) is 5.91 Å². The highest BCUT2D eigenvalue weighted by Gasteiger charge is 2.23. The standard InChI is InChI=1S/C22H19N3O5/c1-29-18-6-2-4-14-11-19(30-20(14)18)22(28)25-17(12-26)21(27)24-15-7-8-16-13(10-15)5-3-9-23-16/h2-11,17,26H,12H2,1H3,(H,24,27)(H,25,28)/t17-/m0/s1. The van der Waals surface area contributed by atoms with Crippen LogP contribution in [0.25, 0.3) is 21.9 Å². The number of methoxy groups -OCH3 is 1. The molecule has 0 saturated heterocycles. The van der Waals surface area contributed by atoms with Gasteiger partial charge in [0.1, 0.15) is 6.04 Å². The molecule has 0 saturated carbocycles. The SMILES string of the molecule is COc1cccc2cc(C(=O)N[C@@H](CO)C(=O)Nc3ccc4ncccc4c3)oc12. The topological polar surface area (TPSA) is 114 Å². The summed E-state index contributed by atoms with van der Waals surface area (Å²) in [5.41, 5.74) is 1.75. The van der Waals surface area contributed by atoms with E-state index >= 15 is 0 Å². The van der Waals surface area contributed by atoms with E-state index in [1.807, 2.05) is 6.07 Å². The minimum absolute atomic E-state index is 0.0116. The van der Waals surface area contributed by atoms with E-state index in [9.17, 15) is 14.7 Å². The Morgan fingerprint density at radius 3 is 2.77 bits per heavy atom. The van der Waals surface area contributed by atoms with Crippen molar-refractivity contribution in [3.63, 3.8) is 0 Å². The maximum absolute atomic E-state index is 12.6. The van der Waals surface area contributed by atoms with Gasteiger partial charge in [-0.25, -0.2) is 0 Å². The molecule has 152 valence electrons. The highest BCUT2D eigenvalue weighted by Crippen LogP contribution is 2.28. The quantitative estimate of drug-likeness (QED) is 0.455. The smallest absolute Gasteiger partial charge is 0.287 e. The molecule has 0 fully saturated rings. The van der Waals surface area contributed by atoms with Gasteiger partial charge in [-0.1, -0.05) is 18.2 Å². The number of aromatic nitrogens is 1. The summed E-state index contributed by atoms with van der Waals surface area (Å²) in [5, 5.41) is 16.4. The first-order chi connectivity index (χ1) is 14.6. The molecule has 2 heterocycles. The molecule has 2 aromatic carbocycles. The van der Waals surface area contributed by atoms with Crippen molar-refractivity contribution in [2.45, 2.75) is 6.04 Å². The molecule has 1 atom stereocenters. The molecular formula is C22H19N3O5. The highest BCUT2D eigenvalue weighted by molar-refractivity contribution is 6.02. The molecule has 0 radical (unpaired) electrons. The van der Waals surface area contributed by atoms with Crippen molar-refractivity contribution >= 4 is 39.4 Å². The number of rotatable bonds is 6. The van der Waals surface area contributed by atoms with Crippen molar-refractivity contribution in [2.24, 2.45) is 0 Å². The zero-order chi connectivity index (χ0) is 21.1. The number of carbonyl (C=O) groups excluding carboxylic acids is 2. The number of pyridine rings is 1. The molecule has 0 aliphatic rings. The molecule has 0 bridgehead atoms. The molecule has 8 nitrogen and oxygen atoms in total. The first kappa shape index (κ1) is 19.4. The number of carbonyl (C=O) groups is 2. The Hall–Kier alpha value is -3.91. The number of benzene rings is 2. The van der Waals surface area contributed by atoms with Crippen LogP contribution in [0, 0.1) is 0 Å². The third-order valence-corrected chi connectivity index (χ3v) is 4.63. The summed E-state index contributed by atoms with van der Waals surface area (Å²) in [5.74, 6) is -0.667. The summed E-state index contributed by atoms with van der Waals surface area (Å²) in [6.45, 7) is -0.573. The molecule has 30 heavy (non-hydrogen) atoms. The lowest BCUT2D eigenvalue weighted by Crippen LogP contribution is -2.46. The van der Waals surface area contributed by atoms with Gasteiger partial charge in [0, 0.05) is 22.7 Å². The molecular weight excluding hydrogens is 386 g/mol. The largest absolute Gasteiger partial charge is 0.493 e. The number of aliphatic hydroxyl groups is 1. The Labute approximate surface area is 171 Å². The average molecular weight is 405 g/mol. The lowest BCUT2D eigenvalue weighted by atomic mass is 10.2. The molecule has 4 aromatic rings. The molecule has 2 aromatic heterocycles. The van der Waals surface area contributed by atoms with Crippen LogP contribution in [0.1, 0.15) is 10.6 Å². The maximum Gasteiger partial charge on any atom is 0.287 e. The Kier molecular flexibility index (Phi) is 5.32. The predicted octanol–water partition coefficient (Wildman–Crippen LogP) is 2.72. The Morgan fingerprint density at radius 2 is 1.97 bits per heavy atom. The van der Waals surface area contributed by atoms with Crippen molar-refractivity contribution < 1.29 is 23.8 Å². The molecule has 4 rings (SSSR count). The van der Waals surface area contributed by atoms with Crippen molar-refractivity contribution in [3.05, 3.63) is 66.6 Å². The maximum atomic E-state index is 12.6. The van der Waals surface area contributed by atoms with Gasteiger partial charge in [0.15, 0.2) is 17.1 Å². The Morgan fingerprint density at radius 1 is 1.13 bits per heavy atom. The fourth-order valence-corrected chi connectivity index (χ4v) is 3.12. The molecule has 0 unspecified atom stereocenters. The van der Waals surface area contributed by atoms with Crippen LogP contribution in [0.5, 0.6) is 5.75 Å². The Bertz CT molecular complexity index is 1230. The van der Waals surface area contributed by atoms with E-state index in [1.54, 1.807) is 54.7 Å². The van der Waals surface area contributed by atoms with E-state index < -0.39 is 24.5 Å². The van der Waals surface area contributed by atoms with Gasteiger partial charge in [0.05, 0.1) is 19.2 Å². The summed E-state index contributed by atoms with van der Waals surface area (Å²) in [7, 11) is 1.51. The summed E-state index contributed by atoms with van der Waals surface area (Å²) in [6.07, 6.45) is 1.69. The van der Waals surface area contributed by atoms with E-state index in [2.05, 4.69) is 15.6 Å². The number of nitrogens with zero attached hydrogens (tertiary/aromatic N) is 1. The van der Waals surface area contributed by atoms with Gasteiger partial charge in [-0.15, -0.1) is 0 Å². The molecule has 3 N–H and O–H groups in total. The molecule has 8 heteroatoms. The Balaban J connectivity index is 1.49. The van der Waals surface area contributed by atoms with Crippen molar-refractivity contribution in [1.82, 2.24) is 10.3 Å². The van der Waals surface area contributed by atoms with Gasteiger partial charge in [-0.05, 0) is 36.4 Å². The molecule has 0 spiro atoms. The predicted molar refractivity (Wildman–Crippen MR) is 111 cm³/mol. The van der Waals surface area contributed by atoms with Crippen LogP contribution in [-0.4, -0.2) is 41.7 Å². The number of fused-ring (bicyclic) bond motifs is 2. The lowest BCUT2D eigenvalue weighted by Gasteiger charge is -2.15. The number of aliphatic hydroxyl groups excluding tert-OH is 1. The van der Waals surface area contributed by atoms with Gasteiger partial charge in [-0.3, -0.25) is 14.6 Å². The summed E-state index contributed by atoms with van der Waals surface area (Å²) < 4.78 is 10.8. The van der Waals surface area contributed by atoms with Crippen LogP contribution in [0.2, 0.25) is 0 Å². The van der Waals surface area contributed by atoms with Crippen LogP contribution < -0.4 is 15.4 Å². The van der Waals surface area contributed by atoms with Crippen molar-refractivity contribution in [2.75, 3.05) is 19.0 Å². The van der Waals surface area contributed by atoms with Crippen molar-refractivity contribution in [1.29, 1.82) is 0 Å². The number of anilines is 1. The molecule has 0 aliphatic heterocycles. The highest BCUT2D eigenvalue weighted by atomic mass is 16.5. The monoisotopic (exact) mass is 405 g/mol. The fourth-order valence-electron chi connectivity index (χ4n) is 3.12. The fraction of sp³-hybridized carbons (Fsp3) is 0.136. The molecule has 2 amide bonds. The van der Waals surface area contributed by atoms with E-state index in [4.69, 9.17) is 9.15 Å². The third kappa shape index (κ3) is 3.81. The summed E-state index contributed by atoms with van der Waals surface area (Å²) >= 11 is 0. The van der Waals surface area contributed by atoms with E-state index in [-0.39, 0.29) is 5.76 Å².